The van der Waals surface area contributed by atoms with Crippen LogP contribution in [0.5, 0.6) is 0 Å². The number of urea groups is 1. The summed E-state index contributed by atoms with van der Waals surface area (Å²) in [5, 5.41) is 9.40. The summed E-state index contributed by atoms with van der Waals surface area (Å²) in [5.74, 6) is -0.121. The van der Waals surface area contributed by atoms with Crippen LogP contribution in [0.15, 0.2) is 54.6 Å². The van der Waals surface area contributed by atoms with Gasteiger partial charge >= 0.3 is 6.03 Å². The maximum Gasteiger partial charge on any atom is 0.319 e. The Balaban J connectivity index is 1.66. The number of rotatable bonds is 4. The van der Waals surface area contributed by atoms with Gasteiger partial charge in [-0.05, 0) is 36.8 Å². The molecule has 3 N–H and O–H groups in total. The Morgan fingerprint density at radius 2 is 1.96 bits per heavy atom. The summed E-state index contributed by atoms with van der Waals surface area (Å²) < 4.78 is 0. The lowest BCUT2D eigenvalue weighted by molar-refractivity contribution is -0.136. The number of hydrogen-bond acceptors (Lipinski definition) is 3. The number of piperazine rings is 1. The quantitative estimate of drug-likeness (QED) is 0.756. The number of nitrogens with zero attached hydrogens (tertiary/aromatic N) is 1. The average molecular weight is 387 g/mol. The molecule has 1 saturated heterocycles. The second-order valence-corrected chi connectivity index (χ2v) is 6.93. The number of halogens is 1. The number of anilines is 1. The van der Waals surface area contributed by atoms with E-state index in [1.165, 1.54) is 0 Å². The van der Waals surface area contributed by atoms with Crippen LogP contribution in [0.1, 0.15) is 18.5 Å². The highest BCUT2D eigenvalue weighted by atomic mass is 35.5. The fourth-order valence-corrected chi connectivity index (χ4v) is 3.37. The van der Waals surface area contributed by atoms with Crippen molar-refractivity contribution in [3.8, 4) is 0 Å². The van der Waals surface area contributed by atoms with Gasteiger partial charge in [-0.2, -0.15) is 0 Å². The fraction of sp³-hybridized carbons (Fsp3) is 0.300. The second-order valence-electron chi connectivity index (χ2n) is 6.49. The van der Waals surface area contributed by atoms with E-state index in [-0.39, 0.29) is 11.9 Å². The summed E-state index contributed by atoms with van der Waals surface area (Å²) in [7, 11) is 0. The standard InChI is InChI=1S/C20H23ClN4O2/c1-14(23-20(27)24-17-8-3-2-4-9-17)19(26)25-11-10-22-13-18(25)15-6-5-7-16(21)12-15/h2-9,12,14,18,22H,10-11,13H2,1H3,(H2,23,24,27). The molecule has 1 aliphatic rings. The molecular weight excluding hydrogens is 364 g/mol. The number of hydrogen-bond donors (Lipinski definition) is 3. The smallest absolute Gasteiger partial charge is 0.319 e. The summed E-state index contributed by atoms with van der Waals surface area (Å²) in [5.41, 5.74) is 1.65. The number of para-hydroxylation sites is 1. The highest BCUT2D eigenvalue weighted by Gasteiger charge is 2.31. The van der Waals surface area contributed by atoms with Crippen LogP contribution in [0.2, 0.25) is 5.02 Å². The lowest BCUT2D eigenvalue weighted by atomic mass is 10.0. The molecule has 2 atom stereocenters. The number of amides is 3. The van der Waals surface area contributed by atoms with Crippen molar-refractivity contribution in [2.45, 2.75) is 19.0 Å². The highest BCUT2D eigenvalue weighted by molar-refractivity contribution is 6.30. The molecule has 2 aromatic rings. The van der Waals surface area contributed by atoms with E-state index < -0.39 is 12.1 Å². The second kappa shape index (κ2) is 8.88. The maximum absolute atomic E-state index is 13.0. The molecule has 1 fully saturated rings. The van der Waals surface area contributed by atoms with Gasteiger partial charge in [0.1, 0.15) is 6.04 Å². The van der Waals surface area contributed by atoms with Crippen LogP contribution in [-0.2, 0) is 4.79 Å². The van der Waals surface area contributed by atoms with Crippen LogP contribution < -0.4 is 16.0 Å². The first kappa shape index (κ1) is 19.2. The summed E-state index contributed by atoms with van der Waals surface area (Å²) in [6.07, 6.45) is 0. The Bertz CT molecular complexity index is 800. The van der Waals surface area contributed by atoms with Gasteiger partial charge in [-0.25, -0.2) is 4.79 Å². The van der Waals surface area contributed by atoms with Crippen LogP contribution in [-0.4, -0.2) is 42.5 Å². The van der Waals surface area contributed by atoms with Gasteiger partial charge in [0.2, 0.25) is 5.91 Å². The molecule has 0 bridgehead atoms. The molecule has 2 unspecified atom stereocenters. The zero-order valence-corrected chi connectivity index (χ0v) is 15.9. The third-order valence-electron chi connectivity index (χ3n) is 4.51. The van der Waals surface area contributed by atoms with Crippen LogP contribution in [0.25, 0.3) is 0 Å². The van der Waals surface area contributed by atoms with Gasteiger partial charge in [-0.1, -0.05) is 41.9 Å². The molecule has 3 amide bonds. The van der Waals surface area contributed by atoms with Crippen LogP contribution in [0.3, 0.4) is 0 Å². The van der Waals surface area contributed by atoms with E-state index >= 15 is 0 Å². The Morgan fingerprint density at radius 1 is 1.19 bits per heavy atom. The Labute approximate surface area is 163 Å². The molecule has 1 heterocycles. The SMILES string of the molecule is CC(NC(=O)Nc1ccccc1)C(=O)N1CCNCC1c1cccc(Cl)c1. The lowest BCUT2D eigenvalue weighted by Crippen LogP contribution is -2.54. The maximum atomic E-state index is 13.0. The molecule has 0 radical (unpaired) electrons. The van der Waals surface area contributed by atoms with Crippen LogP contribution in [0, 0.1) is 0 Å². The third-order valence-corrected chi connectivity index (χ3v) is 4.74. The van der Waals surface area contributed by atoms with Gasteiger partial charge in [-0.3, -0.25) is 4.79 Å². The van der Waals surface area contributed by atoms with Gasteiger partial charge in [0, 0.05) is 30.3 Å². The topological polar surface area (TPSA) is 73.5 Å². The molecule has 0 aromatic heterocycles. The molecule has 2 aromatic carbocycles. The summed E-state index contributed by atoms with van der Waals surface area (Å²) in [6, 6.07) is 15.5. The van der Waals surface area contributed by atoms with E-state index in [0.717, 1.165) is 5.56 Å². The van der Waals surface area contributed by atoms with Gasteiger partial charge in [-0.15, -0.1) is 0 Å². The van der Waals surface area contributed by atoms with E-state index in [4.69, 9.17) is 11.6 Å². The molecule has 3 rings (SSSR count). The first-order chi connectivity index (χ1) is 13.0. The van der Waals surface area contributed by atoms with Crippen LogP contribution >= 0.6 is 11.6 Å². The van der Waals surface area contributed by atoms with Crippen molar-refractivity contribution in [3.05, 3.63) is 65.2 Å². The number of benzene rings is 2. The van der Waals surface area contributed by atoms with Crippen molar-refractivity contribution in [2.75, 3.05) is 25.0 Å². The number of carbonyl (C=O) groups is 2. The highest BCUT2D eigenvalue weighted by Crippen LogP contribution is 2.25. The monoisotopic (exact) mass is 386 g/mol. The van der Waals surface area contributed by atoms with Crippen molar-refractivity contribution in [1.29, 1.82) is 0 Å². The lowest BCUT2D eigenvalue weighted by Gasteiger charge is -2.38. The van der Waals surface area contributed by atoms with E-state index in [0.29, 0.717) is 30.3 Å². The Morgan fingerprint density at radius 3 is 2.70 bits per heavy atom. The van der Waals surface area contributed by atoms with Gasteiger partial charge in [0.05, 0.1) is 6.04 Å². The minimum Gasteiger partial charge on any atom is -0.331 e. The molecular formula is C20H23ClN4O2. The molecule has 0 saturated carbocycles. The molecule has 7 heteroatoms. The molecule has 1 aliphatic heterocycles. The van der Waals surface area contributed by atoms with Gasteiger partial charge in [0.25, 0.3) is 0 Å². The minimum atomic E-state index is -0.645. The van der Waals surface area contributed by atoms with Crippen molar-refractivity contribution < 1.29 is 9.59 Å². The molecule has 27 heavy (non-hydrogen) atoms. The predicted octanol–water partition coefficient (Wildman–Crippen LogP) is 3.02. The number of carbonyl (C=O) groups excluding carboxylic acids is 2. The molecule has 0 spiro atoms. The first-order valence-electron chi connectivity index (χ1n) is 8.94. The van der Waals surface area contributed by atoms with E-state index in [1.807, 2.05) is 42.5 Å². The fourth-order valence-electron chi connectivity index (χ4n) is 3.18. The Kier molecular flexibility index (Phi) is 6.32. The molecule has 0 aliphatic carbocycles. The average Bonchev–Trinajstić information content (AvgIpc) is 2.68. The largest absolute Gasteiger partial charge is 0.331 e. The Hall–Kier alpha value is -2.57. The third kappa shape index (κ3) is 4.99. The minimum absolute atomic E-state index is 0.119. The number of nitrogens with one attached hydrogen (secondary N) is 3. The summed E-state index contributed by atoms with van der Waals surface area (Å²) in [6.45, 7) is 3.63. The normalized spacial score (nSPS) is 17.9. The van der Waals surface area contributed by atoms with Crippen molar-refractivity contribution >= 4 is 29.2 Å². The molecule has 6 nitrogen and oxygen atoms in total. The van der Waals surface area contributed by atoms with Gasteiger partial charge < -0.3 is 20.9 Å². The van der Waals surface area contributed by atoms with E-state index in [1.54, 1.807) is 24.0 Å². The van der Waals surface area contributed by atoms with Crippen molar-refractivity contribution in [1.82, 2.24) is 15.5 Å². The van der Waals surface area contributed by atoms with Crippen LogP contribution in [0.4, 0.5) is 10.5 Å². The summed E-state index contributed by atoms with van der Waals surface area (Å²) >= 11 is 6.11. The molecule has 142 valence electrons. The van der Waals surface area contributed by atoms with Crippen molar-refractivity contribution in [3.63, 3.8) is 0 Å². The van der Waals surface area contributed by atoms with E-state index in [2.05, 4.69) is 16.0 Å². The van der Waals surface area contributed by atoms with Crippen molar-refractivity contribution in [2.24, 2.45) is 0 Å². The first-order valence-corrected chi connectivity index (χ1v) is 9.31. The zero-order valence-electron chi connectivity index (χ0n) is 15.1. The summed E-state index contributed by atoms with van der Waals surface area (Å²) in [4.78, 5) is 27.0. The van der Waals surface area contributed by atoms with E-state index in [9.17, 15) is 9.59 Å². The van der Waals surface area contributed by atoms with Gasteiger partial charge in [0.15, 0.2) is 0 Å². The predicted molar refractivity (Wildman–Crippen MR) is 107 cm³/mol. The zero-order chi connectivity index (χ0) is 19.2.